The van der Waals surface area contributed by atoms with Crippen LogP contribution in [0.5, 0.6) is 0 Å². The van der Waals surface area contributed by atoms with Gasteiger partial charge in [-0.1, -0.05) is 42.5 Å². The third-order valence-corrected chi connectivity index (χ3v) is 2.82. The molecule has 2 rings (SSSR count). The average molecular weight is 270 g/mol. The zero-order chi connectivity index (χ0) is 14.4. The van der Waals surface area contributed by atoms with Gasteiger partial charge in [-0.05, 0) is 30.2 Å². The van der Waals surface area contributed by atoms with Gasteiger partial charge >= 0.3 is 0 Å². The molecule has 20 heavy (non-hydrogen) atoms. The highest BCUT2D eigenvalue weighted by atomic mass is 19.1. The molecule has 0 saturated carbocycles. The minimum atomic E-state index is -0.313. The van der Waals surface area contributed by atoms with Gasteiger partial charge in [0.1, 0.15) is 5.82 Å². The van der Waals surface area contributed by atoms with E-state index >= 15 is 0 Å². The Labute approximate surface area is 117 Å². The molecule has 0 fully saturated rings. The summed E-state index contributed by atoms with van der Waals surface area (Å²) in [4.78, 5) is 11.7. The van der Waals surface area contributed by atoms with E-state index in [1.807, 2.05) is 37.3 Å². The van der Waals surface area contributed by atoms with Crippen LogP contribution in [0.15, 0.2) is 59.7 Å². The summed E-state index contributed by atoms with van der Waals surface area (Å²) in [6.45, 7) is 1.83. The van der Waals surface area contributed by atoms with E-state index in [1.54, 1.807) is 12.1 Å². The molecule has 2 aromatic carbocycles. The van der Waals surface area contributed by atoms with Crippen LogP contribution in [-0.4, -0.2) is 11.6 Å². The normalized spacial score (nSPS) is 11.2. The Morgan fingerprint density at radius 2 is 1.75 bits per heavy atom. The summed E-state index contributed by atoms with van der Waals surface area (Å²) >= 11 is 0. The lowest BCUT2D eigenvalue weighted by atomic mass is 10.1. The Morgan fingerprint density at radius 3 is 2.40 bits per heavy atom. The van der Waals surface area contributed by atoms with Gasteiger partial charge in [0.25, 0.3) is 0 Å². The molecule has 4 heteroatoms. The second-order valence-electron chi connectivity index (χ2n) is 4.40. The molecule has 0 radical (unpaired) electrons. The van der Waals surface area contributed by atoms with E-state index in [4.69, 9.17) is 0 Å². The van der Waals surface area contributed by atoms with Crippen molar-refractivity contribution in [1.82, 2.24) is 5.43 Å². The summed E-state index contributed by atoms with van der Waals surface area (Å²) < 4.78 is 12.7. The van der Waals surface area contributed by atoms with E-state index in [0.717, 1.165) is 16.8 Å². The van der Waals surface area contributed by atoms with Crippen LogP contribution < -0.4 is 5.43 Å². The number of hydrazone groups is 1. The van der Waals surface area contributed by atoms with Crippen LogP contribution >= 0.6 is 0 Å². The van der Waals surface area contributed by atoms with Gasteiger partial charge in [0, 0.05) is 0 Å². The van der Waals surface area contributed by atoms with Crippen molar-refractivity contribution < 1.29 is 9.18 Å². The molecule has 1 N–H and O–H groups in total. The second kappa shape index (κ2) is 6.61. The first-order valence-corrected chi connectivity index (χ1v) is 6.28. The largest absolute Gasteiger partial charge is 0.273 e. The number of carbonyl (C=O) groups excluding carboxylic acids is 1. The van der Waals surface area contributed by atoms with Gasteiger partial charge in [0.15, 0.2) is 0 Å². The highest BCUT2D eigenvalue weighted by Gasteiger charge is 2.03. The van der Waals surface area contributed by atoms with Gasteiger partial charge in [0.05, 0.1) is 12.1 Å². The van der Waals surface area contributed by atoms with Crippen molar-refractivity contribution in [3.8, 4) is 0 Å². The van der Waals surface area contributed by atoms with Crippen molar-refractivity contribution in [2.45, 2.75) is 13.3 Å². The third-order valence-electron chi connectivity index (χ3n) is 2.82. The molecule has 0 spiro atoms. The first-order chi connectivity index (χ1) is 9.65. The van der Waals surface area contributed by atoms with Crippen LogP contribution in [0, 0.1) is 5.82 Å². The van der Waals surface area contributed by atoms with Gasteiger partial charge < -0.3 is 0 Å². The van der Waals surface area contributed by atoms with E-state index in [1.165, 1.54) is 12.1 Å². The van der Waals surface area contributed by atoms with Crippen LogP contribution in [0.1, 0.15) is 18.1 Å². The molecule has 0 bridgehead atoms. The number of hydrogen-bond acceptors (Lipinski definition) is 2. The van der Waals surface area contributed by atoms with E-state index in [9.17, 15) is 9.18 Å². The second-order valence-corrected chi connectivity index (χ2v) is 4.40. The van der Waals surface area contributed by atoms with Crippen molar-refractivity contribution in [2.24, 2.45) is 5.10 Å². The van der Waals surface area contributed by atoms with Gasteiger partial charge in [-0.3, -0.25) is 4.79 Å². The van der Waals surface area contributed by atoms with E-state index in [2.05, 4.69) is 10.5 Å². The van der Waals surface area contributed by atoms with Crippen molar-refractivity contribution in [2.75, 3.05) is 0 Å². The number of hydrogen-bond donors (Lipinski definition) is 1. The molecular weight excluding hydrogens is 255 g/mol. The Balaban J connectivity index is 1.93. The van der Waals surface area contributed by atoms with Gasteiger partial charge in [-0.2, -0.15) is 5.10 Å². The number of halogens is 1. The van der Waals surface area contributed by atoms with Crippen molar-refractivity contribution in [3.63, 3.8) is 0 Å². The molecule has 1 amide bonds. The predicted octanol–water partition coefficient (Wildman–Crippen LogP) is 2.91. The zero-order valence-electron chi connectivity index (χ0n) is 11.1. The third kappa shape index (κ3) is 4.02. The standard InChI is InChI=1S/C16H15FN2O/c1-12(14-5-3-2-4-6-14)18-19-16(20)11-13-7-9-15(17)10-8-13/h2-10H,11H2,1H3,(H,19,20)/b18-12+. The van der Waals surface area contributed by atoms with Crippen LogP contribution in [0.25, 0.3) is 0 Å². The molecule has 2 aromatic rings. The Bertz CT molecular complexity index is 606. The summed E-state index contributed by atoms with van der Waals surface area (Å²) in [5, 5.41) is 4.05. The molecule has 0 unspecified atom stereocenters. The zero-order valence-corrected chi connectivity index (χ0v) is 11.1. The van der Waals surface area contributed by atoms with Crippen molar-refractivity contribution in [3.05, 3.63) is 71.5 Å². The Morgan fingerprint density at radius 1 is 1.10 bits per heavy atom. The lowest BCUT2D eigenvalue weighted by molar-refractivity contribution is -0.120. The topological polar surface area (TPSA) is 41.5 Å². The first-order valence-electron chi connectivity index (χ1n) is 6.28. The molecule has 102 valence electrons. The maximum absolute atomic E-state index is 12.7. The smallest absolute Gasteiger partial charge is 0.244 e. The fourth-order valence-corrected chi connectivity index (χ4v) is 1.72. The lowest BCUT2D eigenvalue weighted by Gasteiger charge is -2.03. The lowest BCUT2D eigenvalue weighted by Crippen LogP contribution is -2.21. The van der Waals surface area contributed by atoms with Crippen molar-refractivity contribution in [1.29, 1.82) is 0 Å². The maximum Gasteiger partial charge on any atom is 0.244 e. The number of carbonyl (C=O) groups is 1. The quantitative estimate of drug-likeness (QED) is 0.673. The first kappa shape index (κ1) is 13.9. The van der Waals surface area contributed by atoms with E-state index < -0.39 is 0 Å². The van der Waals surface area contributed by atoms with Crippen LogP contribution in [0.2, 0.25) is 0 Å². The van der Waals surface area contributed by atoms with E-state index in [0.29, 0.717) is 0 Å². The van der Waals surface area contributed by atoms with Crippen LogP contribution in [-0.2, 0) is 11.2 Å². The fourth-order valence-electron chi connectivity index (χ4n) is 1.72. The average Bonchev–Trinajstić information content (AvgIpc) is 2.48. The minimum Gasteiger partial charge on any atom is -0.273 e. The Hall–Kier alpha value is -2.49. The number of nitrogens with one attached hydrogen (secondary N) is 1. The highest BCUT2D eigenvalue weighted by molar-refractivity contribution is 5.99. The number of rotatable bonds is 4. The highest BCUT2D eigenvalue weighted by Crippen LogP contribution is 2.04. The summed E-state index contributed by atoms with van der Waals surface area (Å²) in [5.41, 5.74) is 4.93. The minimum absolute atomic E-state index is 0.172. The molecule has 0 heterocycles. The van der Waals surface area contributed by atoms with E-state index in [-0.39, 0.29) is 18.1 Å². The summed E-state index contributed by atoms with van der Waals surface area (Å²) in [6.07, 6.45) is 0.172. The van der Waals surface area contributed by atoms with Gasteiger partial charge in [-0.25, -0.2) is 9.82 Å². The summed E-state index contributed by atoms with van der Waals surface area (Å²) in [6, 6.07) is 15.4. The van der Waals surface area contributed by atoms with Crippen LogP contribution in [0.4, 0.5) is 4.39 Å². The Kier molecular flexibility index (Phi) is 4.60. The molecule has 0 saturated heterocycles. The molecule has 3 nitrogen and oxygen atoms in total. The molecular formula is C16H15FN2O. The summed E-state index contributed by atoms with van der Waals surface area (Å²) in [5.74, 6) is -0.543. The molecule has 0 aliphatic carbocycles. The fraction of sp³-hybridized carbons (Fsp3) is 0.125. The molecule has 0 aromatic heterocycles. The number of benzene rings is 2. The predicted molar refractivity (Wildman–Crippen MR) is 76.9 cm³/mol. The number of nitrogens with zero attached hydrogens (tertiary/aromatic N) is 1. The molecule has 0 atom stereocenters. The SMILES string of the molecule is C/C(=N\NC(=O)Cc1ccc(F)cc1)c1ccccc1. The maximum atomic E-state index is 12.7. The van der Waals surface area contributed by atoms with Crippen molar-refractivity contribution >= 4 is 11.6 Å². The van der Waals surface area contributed by atoms with Crippen LogP contribution in [0.3, 0.4) is 0 Å². The van der Waals surface area contributed by atoms with Gasteiger partial charge in [0.2, 0.25) is 5.91 Å². The van der Waals surface area contributed by atoms with Gasteiger partial charge in [-0.15, -0.1) is 0 Å². The molecule has 0 aliphatic rings. The number of amides is 1. The monoisotopic (exact) mass is 270 g/mol. The molecule has 0 aliphatic heterocycles. The summed E-state index contributed by atoms with van der Waals surface area (Å²) in [7, 11) is 0.